The second-order valence-electron chi connectivity index (χ2n) is 5.27. The normalized spacial score (nSPS) is 10.6. The first-order valence-corrected chi connectivity index (χ1v) is 7.32. The zero-order chi connectivity index (χ0) is 16.7. The summed E-state index contributed by atoms with van der Waals surface area (Å²) in [6.07, 6.45) is 0.780. The standard InChI is InChI=1S/C15H21ClFN3O2/c1-11(21)20(8-4-7-19(2)3)10-15(22)18-12-5-6-14(17)13(16)9-12/h5-6,9H,4,7-8,10H2,1-3H3,(H,18,22). The number of carbonyl (C=O) groups excluding carboxylic acids is 2. The molecule has 5 nitrogen and oxygen atoms in total. The molecule has 0 atom stereocenters. The Balaban J connectivity index is 2.55. The van der Waals surface area contributed by atoms with Gasteiger partial charge < -0.3 is 15.1 Å². The summed E-state index contributed by atoms with van der Waals surface area (Å²) in [5.41, 5.74) is 0.396. The third-order valence-electron chi connectivity index (χ3n) is 3.02. The molecule has 2 amide bonds. The molecule has 1 N–H and O–H groups in total. The number of carbonyl (C=O) groups is 2. The Hall–Kier alpha value is -1.66. The van der Waals surface area contributed by atoms with Gasteiger partial charge in [-0.2, -0.15) is 0 Å². The molecule has 0 fully saturated rings. The highest BCUT2D eigenvalue weighted by atomic mass is 35.5. The molecule has 1 rings (SSSR count). The van der Waals surface area contributed by atoms with Crippen molar-refractivity contribution in [3.05, 3.63) is 29.0 Å². The molecule has 7 heteroatoms. The minimum atomic E-state index is -0.547. The molecule has 1 aromatic rings. The predicted octanol–water partition coefficient (Wildman–Crippen LogP) is 2.22. The number of nitrogens with one attached hydrogen (secondary N) is 1. The van der Waals surface area contributed by atoms with Crippen LogP contribution >= 0.6 is 11.6 Å². The van der Waals surface area contributed by atoms with Crippen molar-refractivity contribution in [2.75, 3.05) is 39.0 Å². The first kappa shape index (κ1) is 18.4. The summed E-state index contributed by atoms with van der Waals surface area (Å²) < 4.78 is 13.1. The molecule has 0 heterocycles. The fraction of sp³-hybridized carbons (Fsp3) is 0.467. The topological polar surface area (TPSA) is 52.7 Å². The molecule has 0 aliphatic heterocycles. The highest BCUT2D eigenvalue weighted by Gasteiger charge is 2.14. The van der Waals surface area contributed by atoms with Crippen LogP contribution in [0.1, 0.15) is 13.3 Å². The summed E-state index contributed by atoms with van der Waals surface area (Å²) in [4.78, 5) is 27.0. The van der Waals surface area contributed by atoms with Gasteiger partial charge in [-0.1, -0.05) is 11.6 Å². The number of anilines is 1. The van der Waals surface area contributed by atoms with E-state index in [4.69, 9.17) is 11.6 Å². The highest BCUT2D eigenvalue weighted by molar-refractivity contribution is 6.31. The zero-order valence-corrected chi connectivity index (χ0v) is 13.8. The number of rotatable bonds is 7. The van der Waals surface area contributed by atoms with Gasteiger partial charge in [0.2, 0.25) is 11.8 Å². The van der Waals surface area contributed by atoms with Gasteiger partial charge in [-0.3, -0.25) is 9.59 Å². The lowest BCUT2D eigenvalue weighted by atomic mass is 10.3. The van der Waals surface area contributed by atoms with Gasteiger partial charge in [-0.25, -0.2) is 4.39 Å². The van der Waals surface area contributed by atoms with E-state index in [1.807, 2.05) is 19.0 Å². The van der Waals surface area contributed by atoms with Crippen molar-refractivity contribution in [2.45, 2.75) is 13.3 Å². The van der Waals surface area contributed by atoms with E-state index in [2.05, 4.69) is 5.32 Å². The van der Waals surface area contributed by atoms with E-state index in [0.29, 0.717) is 12.2 Å². The third kappa shape index (κ3) is 6.41. The fourth-order valence-corrected chi connectivity index (χ4v) is 2.05. The quantitative estimate of drug-likeness (QED) is 0.834. The SMILES string of the molecule is CC(=O)N(CCCN(C)C)CC(=O)Nc1ccc(F)c(Cl)c1. The first-order chi connectivity index (χ1) is 10.3. The van der Waals surface area contributed by atoms with Crippen molar-refractivity contribution in [3.8, 4) is 0 Å². The molecule has 0 saturated carbocycles. The maximum Gasteiger partial charge on any atom is 0.243 e. The van der Waals surface area contributed by atoms with E-state index >= 15 is 0 Å². The Bertz CT molecular complexity index is 538. The minimum Gasteiger partial charge on any atom is -0.334 e. The van der Waals surface area contributed by atoms with Crippen LogP contribution < -0.4 is 5.32 Å². The van der Waals surface area contributed by atoms with Gasteiger partial charge in [0.25, 0.3) is 0 Å². The van der Waals surface area contributed by atoms with E-state index in [1.165, 1.54) is 30.0 Å². The predicted molar refractivity (Wildman–Crippen MR) is 85.5 cm³/mol. The average Bonchev–Trinajstić information content (AvgIpc) is 2.41. The Morgan fingerprint density at radius 1 is 1.27 bits per heavy atom. The Kier molecular flexibility index (Phi) is 7.27. The van der Waals surface area contributed by atoms with E-state index in [-0.39, 0.29) is 23.4 Å². The van der Waals surface area contributed by atoms with Crippen molar-refractivity contribution < 1.29 is 14.0 Å². The molecule has 0 aromatic heterocycles. The maximum absolute atomic E-state index is 13.1. The van der Waals surface area contributed by atoms with Crippen LogP contribution in [0.3, 0.4) is 0 Å². The lowest BCUT2D eigenvalue weighted by Crippen LogP contribution is -2.38. The second-order valence-corrected chi connectivity index (χ2v) is 5.68. The summed E-state index contributed by atoms with van der Waals surface area (Å²) >= 11 is 5.66. The van der Waals surface area contributed by atoms with Crippen LogP contribution in [0.25, 0.3) is 0 Å². The van der Waals surface area contributed by atoms with Gasteiger partial charge in [-0.15, -0.1) is 0 Å². The average molecular weight is 330 g/mol. The Labute approximate surface area is 135 Å². The molecule has 122 valence electrons. The number of nitrogens with zero attached hydrogens (tertiary/aromatic N) is 2. The molecular weight excluding hydrogens is 309 g/mol. The van der Waals surface area contributed by atoms with Gasteiger partial charge in [0, 0.05) is 19.2 Å². The van der Waals surface area contributed by atoms with Gasteiger partial charge in [-0.05, 0) is 45.3 Å². The van der Waals surface area contributed by atoms with E-state index < -0.39 is 5.82 Å². The number of amides is 2. The Morgan fingerprint density at radius 2 is 1.95 bits per heavy atom. The van der Waals surface area contributed by atoms with E-state index in [9.17, 15) is 14.0 Å². The molecule has 0 aliphatic rings. The lowest BCUT2D eigenvalue weighted by Gasteiger charge is -2.21. The van der Waals surface area contributed by atoms with E-state index in [0.717, 1.165) is 13.0 Å². The van der Waals surface area contributed by atoms with Crippen LogP contribution in [0.4, 0.5) is 10.1 Å². The summed E-state index contributed by atoms with van der Waals surface area (Å²) in [6, 6.07) is 3.93. The molecule has 0 unspecified atom stereocenters. The van der Waals surface area contributed by atoms with Gasteiger partial charge in [0.1, 0.15) is 5.82 Å². The molecular formula is C15H21ClFN3O2. The number of hydrogen-bond acceptors (Lipinski definition) is 3. The van der Waals surface area contributed by atoms with Crippen LogP contribution in [-0.4, -0.2) is 55.3 Å². The van der Waals surface area contributed by atoms with Crippen LogP contribution in [-0.2, 0) is 9.59 Å². The number of hydrogen-bond donors (Lipinski definition) is 1. The smallest absolute Gasteiger partial charge is 0.243 e. The summed E-state index contributed by atoms with van der Waals surface area (Å²) in [5, 5.41) is 2.54. The van der Waals surface area contributed by atoms with E-state index in [1.54, 1.807) is 0 Å². The van der Waals surface area contributed by atoms with Gasteiger partial charge >= 0.3 is 0 Å². The lowest BCUT2D eigenvalue weighted by molar-refractivity contribution is -0.132. The third-order valence-corrected chi connectivity index (χ3v) is 3.31. The van der Waals surface area contributed by atoms with Crippen LogP contribution in [0.15, 0.2) is 18.2 Å². The Morgan fingerprint density at radius 3 is 2.50 bits per heavy atom. The molecule has 0 saturated heterocycles. The van der Waals surface area contributed by atoms with Crippen molar-refractivity contribution in [2.24, 2.45) is 0 Å². The maximum atomic E-state index is 13.1. The summed E-state index contributed by atoms with van der Waals surface area (Å²) in [7, 11) is 3.90. The monoisotopic (exact) mass is 329 g/mol. The molecule has 0 aliphatic carbocycles. The summed E-state index contributed by atoms with van der Waals surface area (Å²) in [5.74, 6) is -1.05. The van der Waals surface area contributed by atoms with Crippen LogP contribution in [0.5, 0.6) is 0 Å². The molecule has 22 heavy (non-hydrogen) atoms. The van der Waals surface area contributed by atoms with Crippen molar-refractivity contribution in [3.63, 3.8) is 0 Å². The molecule has 0 bridgehead atoms. The first-order valence-electron chi connectivity index (χ1n) is 6.94. The van der Waals surface area contributed by atoms with Crippen LogP contribution in [0.2, 0.25) is 5.02 Å². The molecule has 0 radical (unpaired) electrons. The van der Waals surface area contributed by atoms with Gasteiger partial charge in [0.05, 0.1) is 11.6 Å². The summed E-state index contributed by atoms with van der Waals surface area (Å²) in [6.45, 7) is 2.72. The molecule has 0 spiro atoms. The second kappa shape index (κ2) is 8.70. The van der Waals surface area contributed by atoms with Crippen LogP contribution in [0, 0.1) is 5.82 Å². The number of benzene rings is 1. The zero-order valence-electron chi connectivity index (χ0n) is 13.0. The fourth-order valence-electron chi connectivity index (χ4n) is 1.87. The van der Waals surface area contributed by atoms with Crippen molar-refractivity contribution in [1.29, 1.82) is 0 Å². The highest BCUT2D eigenvalue weighted by Crippen LogP contribution is 2.19. The molecule has 1 aromatic carbocycles. The van der Waals surface area contributed by atoms with Gasteiger partial charge in [0.15, 0.2) is 0 Å². The largest absolute Gasteiger partial charge is 0.334 e. The van der Waals surface area contributed by atoms with Crippen molar-refractivity contribution >= 4 is 29.1 Å². The van der Waals surface area contributed by atoms with Crippen molar-refractivity contribution in [1.82, 2.24) is 9.80 Å². The minimum absolute atomic E-state index is 0.0439. The number of halogens is 2.